The highest BCUT2D eigenvalue weighted by molar-refractivity contribution is 5.23. The van der Waals surface area contributed by atoms with Gasteiger partial charge >= 0.3 is 0 Å². The van der Waals surface area contributed by atoms with Gasteiger partial charge in [0, 0.05) is 0 Å². The van der Waals surface area contributed by atoms with Gasteiger partial charge < -0.3 is 4.74 Å². The predicted octanol–water partition coefficient (Wildman–Crippen LogP) is 2.42. The minimum Gasteiger partial charge on any atom is -0.365 e. The van der Waals surface area contributed by atoms with E-state index in [1.54, 1.807) is 6.07 Å². The SMILES string of the molecule is CC1OC1c1ccc(F)c(F)c1. The maximum atomic E-state index is 12.7. The normalized spacial score (nSPS) is 27.2. The van der Waals surface area contributed by atoms with Crippen LogP contribution in [0.1, 0.15) is 18.6 Å². The first kappa shape index (κ1) is 7.68. The third-order valence-corrected chi connectivity index (χ3v) is 1.98. The molecule has 0 spiro atoms. The molecule has 2 rings (SSSR count). The lowest BCUT2D eigenvalue weighted by atomic mass is 10.1. The molecule has 1 aromatic carbocycles. The Labute approximate surface area is 69.0 Å². The number of ether oxygens (including phenoxy) is 1. The van der Waals surface area contributed by atoms with Gasteiger partial charge in [-0.15, -0.1) is 0 Å². The standard InChI is InChI=1S/C9H8F2O/c1-5-9(12-5)6-2-3-7(10)8(11)4-6/h2-5,9H,1H3. The van der Waals surface area contributed by atoms with Crippen molar-refractivity contribution < 1.29 is 13.5 Å². The van der Waals surface area contributed by atoms with E-state index in [1.807, 2.05) is 6.92 Å². The van der Waals surface area contributed by atoms with Gasteiger partial charge in [0.05, 0.1) is 6.10 Å². The molecule has 1 nitrogen and oxygen atoms in total. The molecule has 0 amide bonds. The number of epoxide rings is 1. The van der Waals surface area contributed by atoms with Crippen molar-refractivity contribution in [3.63, 3.8) is 0 Å². The average Bonchev–Trinajstić information content (AvgIpc) is 2.73. The molecule has 2 atom stereocenters. The zero-order valence-corrected chi connectivity index (χ0v) is 6.55. The number of benzene rings is 1. The van der Waals surface area contributed by atoms with Crippen molar-refractivity contribution >= 4 is 0 Å². The van der Waals surface area contributed by atoms with Gasteiger partial charge in [-0.25, -0.2) is 8.78 Å². The fourth-order valence-electron chi connectivity index (χ4n) is 1.22. The van der Waals surface area contributed by atoms with Crippen LogP contribution in [0.4, 0.5) is 8.78 Å². The van der Waals surface area contributed by atoms with Crippen LogP contribution in [0, 0.1) is 11.6 Å². The summed E-state index contributed by atoms with van der Waals surface area (Å²) < 4.78 is 30.2. The van der Waals surface area contributed by atoms with Crippen LogP contribution in [0.25, 0.3) is 0 Å². The Kier molecular flexibility index (Phi) is 1.61. The van der Waals surface area contributed by atoms with Gasteiger partial charge in [-0.2, -0.15) is 0 Å². The lowest BCUT2D eigenvalue weighted by molar-refractivity contribution is 0.382. The van der Waals surface area contributed by atoms with Crippen LogP contribution < -0.4 is 0 Å². The van der Waals surface area contributed by atoms with Gasteiger partial charge in [0.25, 0.3) is 0 Å². The Morgan fingerprint density at radius 1 is 1.25 bits per heavy atom. The first-order valence-corrected chi connectivity index (χ1v) is 3.79. The van der Waals surface area contributed by atoms with Gasteiger partial charge in [-0.05, 0) is 24.6 Å². The van der Waals surface area contributed by atoms with Crippen molar-refractivity contribution in [1.82, 2.24) is 0 Å². The third-order valence-electron chi connectivity index (χ3n) is 1.98. The Hall–Kier alpha value is -0.960. The molecule has 0 N–H and O–H groups in total. The molecule has 0 saturated carbocycles. The molecule has 0 aliphatic carbocycles. The summed E-state index contributed by atoms with van der Waals surface area (Å²) in [6.45, 7) is 1.89. The number of halogens is 2. The minimum absolute atomic E-state index is 0.0416. The third kappa shape index (κ3) is 1.20. The summed E-state index contributed by atoms with van der Waals surface area (Å²) in [6, 6.07) is 3.86. The predicted molar refractivity (Wildman–Crippen MR) is 39.6 cm³/mol. The van der Waals surface area contributed by atoms with Gasteiger partial charge in [-0.3, -0.25) is 0 Å². The Morgan fingerprint density at radius 2 is 1.92 bits per heavy atom. The lowest BCUT2D eigenvalue weighted by Crippen LogP contribution is -1.88. The molecular weight excluding hydrogens is 162 g/mol. The van der Waals surface area contributed by atoms with Crippen molar-refractivity contribution in [2.75, 3.05) is 0 Å². The molecule has 0 aromatic heterocycles. The number of rotatable bonds is 1. The van der Waals surface area contributed by atoms with E-state index in [-0.39, 0.29) is 12.2 Å². The summed E-state index contributed by atoms with van der Waals surface area (Å²) >= 11 is 0. The topological polar surface area (TPSA) is 12.5 Å². The molecule has 1 saturated heterocycles. The maximum Gasteiger partial charge on any atom is 0.159 e. The van der Waals surface area contributed by atoms with Crippen LogP contribution in [0.2, 0.25) is 0 Å². The van der Waals surface area contributed by atoms with Crippen molar-refractivity contribution in [3.05, 3.63) is 35.4 Å². The first-order chi connectivity index (χ1) is 5.68. The van der Waals surface area contributed by atoms with Crippen LogP contribution in [-0.2, 0) is 4.74 Å². The summed E-state index contributed by atoms with van der Waals surface area (Å²) in [5.74, 6) is -1.62. The van der Waals surface area contributed by atoms with Crippen molar-refractivity contribution in [2.24, 2.45) is 0 Å². The molecule has 1 aromatic rings. The smallest absolute Gasteiger partial charge is 0.159 e. The van der Waals surface area contributed by atoms with E-state index < -0.39 is 11.6 Å². The van der Waals surface area contributed by atoms with Crippen molar-refractivity contribution in [1.29, 1.82) is 0 Å². The summed E-state index contributed by atoms with van der Waals surface area (Å²) in [7, 11) is 0. The largest absolute Gasteiger partial charge is 0.365 e. The highest BCUT2D eigenvalue weighted by atomic mass is 19.2. The monoisotopic (exact) mass is 170 g/mol. The molecule has 1 fully saturated rings. The van der Waals surface area contributed by atoms with Crippen molar-refractivity contribution in [2.45, 2.75) is 19.1 Å². The minimum atomic E-state index is -0.813. The van der Waals surface area contributed by atoms with E-state index in [1.165, 1.54) is 6.07 Å². The zero-order valence-electron chi connectivity index (χ0n) is 6.55. The molecule has 12 heavy (non-hydrogen) atoms. The summed E-state index contributed by atoms with van der Waals surface area (Å²) in [5.41, 5.74) is 0.710. The fraction of sp³-hybridized carbons (Fsp3) is 0.333. The van der Waals surface area contributed by atoms with Gasteiger partial charge in [0.2, 0.25) is 0 Å². The number of hydrogen-bond donors (Lipinski definition) is 0. The molecule has 64 valence electrons. The molecule has 1 aliphatic rings. The van der Waals surface area contributed by atoms with E-state index >= 15 is 0 Å². The van der Waals surface area contributed by atoms with E-state index in [0.29, 0.717) is 5.56 Å². The molecular formula is C9H8F2O. The summed E-state index contributed by atoms with van der Waals surface area (Å²) in [6.07, 6.45) is 0.0926. The highest BCUT2D eigenvalue weighted by Crippen LogP contribution is 2.38. The van der Waals surface area contributed by atoms with Gasteiger partial charge in [0.1, 0.15) is 6.10 Å². The molecule has 0 bridgehead atoms. The van der Waals surface area contributed by atoms with Crippen LogP contribution in [0.3, 0.4) is 0 Å². The number of hydrogen-bond acceptors (Lipinski definition) is 1. The second-order valence-corrected chi connectivity index (χ2v) is 2.94. The molecule has 0 radical (unpaired) electrons. The molecule has 2 unspecified atom stereocenters. The molecule has 1 heterocycles. The fourth-order valence-corrected chi connectivity index (χ4v) is 1.22. The highest BCUT2D eigenvalue weighted by Gasteiger charge is 2.35. The van der Waals surface area contributed by atoms with Crippen LogP contribution in [0.15, 0.2) is 18.2 Å². The lowest BCUT2D eigenvalue weighted by Gasteiger charge is -1.96. The second-order valence-electron chi connectivity index (χ2n) is 2.94. The van der Waals surface area contributed by atoms with E-state index in [9.17, 15) is 8.78 Å². The average molecular weight is 170 g/mol. The maximum absolute atomic E-state index is 12.7. The van der Waals surface area contributed by atoms with E-state index in [2.05, 4.69) is 0 Å². The Bertz CT molecular complexity index is 311. The quantitative estimate of drug-likeness (QED) is 0.589. The molecule has 3 heteroatoms. The van der Waals surface area contributed by atoms with E-state index in [4.69, 9.17) is 4.74 Å². The van der Waals surface area contributed by atoms with Crippen LogP contribution in [0.5, 0.6) is 0 Å². The van der Waals surface area contributed by atoms with Crippen molar-refractivity contribution in [3.8, 4) is 0 Å². The van der Waals surface area contributed by atoms with Crippen LogP contribution >= 0.6 is 0 Å². The second kappa shape index (κ2) is 2.52. The Morgan fingerprint density at radius 3 is 2.42 bits per heavy atom. The molecule has 1 aliphatic heterocycles. The van der Waals surface area contributed by atoms with Gasteiger partial charge in [-0.1, -0.05) is 6.07 Å². The first-order valence-electron chi connectivity index (χ1n) is 3.79. The zero-order chi connectivity index (χ0) is 8.72. The summed E-state index contributed by atoms with van der Waals surface area (Å²) in [5, 5.41) is 0. The summed E-state index contributed by atoms with van der Waals surface area (Å²) in [4.78, 5) is 0. The van der Waals surface area contributed by atoms with Crippen LogP contribution in [-0.4, -0.2) is 6.10 Å². The Balaban J connectivity index is 2.29. The van der Waals surface area contributed by atoms with Gasteiger partial charge in [0.15, 0.2) is 11.6 Å². The van der Waals surface area contributed by atoms with E-state index in [0.717, 1.165) is 6.07 Å².